The van der Waals surface area contributed by atoms with E-state index in [9.17, 15) is 4.79 Å². The van der Waals surface area contributed by atoms with E-state index in [-0.39, 0.29) is 12.5 Å². The second-order valence-electron chi connectivity index (χ2n) is 6.22. The number of rotatable bonds is 7. The van der Waals surface area contributed by atoms with Crippen LogP contribution in [0.2, 0.25) is 0 Å². The first-order valence-electron chi connectivity index (χ1n) is 8.57. The summed E-state index contributed by atoms with van der Waals surface area (Å²) >= 11 is 0. The lowest BCUT2D eigenvalue weighted by Crippen LogP contribution is -2.41. The molecule has 1 amide bonds. The Morgan fingerprint density at radius 3 is 2.56 bits per heavy atom. The molecule has 7 heteroatoms. The Bertz CT molecular complexity index is 596. The van der Waals surface area contributed by atoms with Crippen molar-refractivity contribution in [3.8, 4) is 11.5 Å². The van der Waals surface area contributed by atoms with Crippen LogP contribution in [-0.4, -0.2) is 87.5 Å². The number of benzene rings is 1. The zero-order chi connectivity index (χ0) is 18.2. The maximum absolute atomic E-state index is 11.7. The number of hydrogen-bond acceptors (Lipinski definition) is 6. The quantitative estimate of drug-likeness (QED) is 0.692. The number of hydrazone groups is 1. The molecule has 0 radical (unpaired) electrons. The summed E-state index contributed by atoms with van der Waals surface area (Å²) in [6.07, 6.45) is 1.84. The highest BCUT2D eigenvalue weighted by Gasteiger charge is 2.12. The van der Waals surface area contributed by atoms with Crippen molar-refractivity contribution < 1.29 is 14.3 Å². The van der Waals surface area contributed by atoms with Gasteiger partial charge in [-0.1, -0.05) is 0 Å². The summed E-state index contributed by atoms with van der Waals surface area (Å²) < 4.78 is 11.2. The van der Waals surface area contributed by atoms with Gasteiger partial charge in [0, 0.05) is 40.3 Å². The van der Waals surface area contributed by atoms with Gasteiger partial charge in [0.05, 0.1) is 12.8 Å². The number of carbonyl (C=O) groups excluding carboxylic acids is 1. The van der Waals surface area contributed by atoms with Crippen molar-refractivity contribution in [1.29, 1.82) is 0 Å². The van der Waals surface area contributed by atoms with Crippen molar-refractivity contribution in [2.75, 3.05) is 60.5 Å². The van der Waals surface area contributed by atoms with Gasteiger partial charge in [-0.05, 0) is 37.7 Å². The fourth-order valence-corrected chi connectivity index (χ4v) is 2.32. The van der Waals surface area contributed by atoms with Gasteiger partial charge < -0.3 is 19.3 Å². The van der Waals surface area contributed by atoms with E-state index in [4.69, 9.17) is 9.47 Å². The van der Waals surface area contributed by atoms with E-state index < -0.39 is 0 Å². The number of hydrogen-bond donors (Lipinski definition) is 0. The fourth-order valence-electron chi connectivity index (χ4n) is 2.32. The molecule has 0 spiro atoms. The van der Waals surface area contributed by atoms with E-state index >= 15 is 0 Å². The summed E-state index contributed by atoms with van der Waals surface area (Å²) in [4.78, 5) is 15.5. The Kier molecular flexibility index (Phi) is 7.06. The lowest BCUT2D eigenvalue weighted by molar-refractivity contribution is -0.130. The van der Waals surface area contributed by atoms with Gasteiger partial charge in [-0.2, -0.15) is 5.10 Å². The molecule has 1 heterocycles. The van der Waals surface area contributed by atoms with Crippen molar-refractivity contribution in [2.24, 2.45) is 5.10 Å². The first-order chi connectivity index (χ1) is 12.0. The second-order valence-corrected chi connectivity index (χ2v) is 6.22. The fraction of sp³-hybridized carbons (Fsp3) is 0.556. The molecule has 1 saturated heterocycles. The van der Waals surface area contributed by atoms with Gasteiger partial charge in [-0.15, -0.1) is 0 Å². The average Bonchev–Trinajstić information content (AvgIpc) is 2.60. The number of likely N-dealkylation sites (N-methyl/N-ethyl adjacent to an activating group) is 2. The molecule has 0 N–H and O–H groups in total. The largest absolute Gasteiger partial charge is 0.490 e. The number of ether oxygens (including phenoxy) is 2. The molecule has 138 valence electrons. The topological polar surface area (TPSA) is 57.6 Å². The van der Waals surface area contributed by atoms with Crippen molar-refractivity contribution in [3.63, 3.8) is 0 Å². The van der Waals surface area contributed by atoms with E-state index in [1.807, 2.05) is 31.3 Å². The van der Waals surface area contributed by atoms with Crippen LogP contribution in [-0.2, 0) is 4.79 Å². The SMILES string of the molecule is CCOc1cc(/C=N/N2CCN(C)CC2)ccc1OCC(=O)N(C)C. The molecule has 7 nitrogen and oxygen atoms in total. The van der Waals surface area contributed by atoms with Crippen LogP contribution in [0.3, 0.4) is 0 Å². The molecule has 0 atom stereocenters. The molecule has 0 unspecified atom stereocenters. The van der Waals surface area contributed by atoms with Gasteiger partial charge in [0.2, 0.25) is 0 Å². The van der Waals surface area contributed by atoms with Crippen molar-refractivity contribution >= 4 is 12.1 Å². The zero-order valence-electron chi connectivity index (χ0n) is 15.6. The van der Waals surface area contributed by atoms with Crippen LogP contribution < -0.4 is 9.47 Å². The molecule has 0 aromatic heterocycles. The summed E-state index contributed by atoms with van der Waals surface area (Å²) in [6, 6.07) is 5.62. The Hall–Kier alpha value is -2.28. The number of nitrogens with zero attached hydrogens (tertiary/aromatic N) is 4. The highest BCUT2D eigenvalue weighted by molar-refractivity contribution is 5.81. The first-order valence-corrected chi connectivity index (χ1v) is 8.57. The summed E-state index contributed by atoms with van der Waals surface area (Å²) in [5.74, 6) is 1.09. The Labute approximate surface area is 149 Å². The molecule has 1 aromatic rings. The van der Waals surface area contributed by atoms with Gasteiger partial charge in [0.15, 0.2) is 18.1 Å². The van der Waals surface area contributed by atoms with E-state index in [1.165, 1.54) is 4.90 Å². The summed E-state index contributed by atoms with van der Waals surface area (Å²) in [7, 11) is 5.52. The predicted molar refractivity (Wildman–Crippen MR) is 98.5 cm³/mol. The van der Waals surface area contributed by atoms with Gasteiger partial charge in [0.25, 0.3) is 5.91 Å². The number of amides is 1. The Balaban J connectivity index is 2.02. The van der Waals surface area contributed by atoms with Crippen LogP contribution in [0.5, 0.6) is 11.5 Å². The van der Waals surface area contributed by atoms with Gasteiger partial charge in [0.1, 0.15) is 0 Å². The number of carbonyl (C=O) groups is 1. The molecular formula is C18H28N4O3. The normalized spacial score (nSPS) is 15.4. The highest BCUT2D eigenvalue weighted by atomic mass is 16.5. The molecule has 25 heavy (non-hydrogen) atoms. The minimum absolute atomic E-state index is 0.0121. The first kappa shape index (κ1) is 19.1. The molecule has 1 aliphatic rings. The Morgan fingerprint density at radius 1 is 1.20 bits per heavy atom. The lowest BCUT2D eigenvalue weighted by Gasteiger charge is -2.30. The third kappa shape index (κ3) is 5.94. The zero-order valence-corrected chi connectivity index (χ0v) is 15.6. The standard InChI is InChI=1S/C18H28N4O3/c1-5-24-17-12-15(13-19-22-10-8-21(4)9-11-22)6-7-16(17)25-14-18(23)20(2)3/h6-7,12-13H,5,8-11,14H2,1-4H3/b19-13+. The predicted octanol–water partition coefficient (Wildman–Crippen LogP) is 1.13. The molecule has 1 aromatic carbocycles. The minimum Gasteiger partial charge on any atom is -0.490 e. The summed E-state index contributed by atoms with van der Waals surface area (Å²) in [5.41, 5.74) is 0.939. The van der Waals surface area contributed by atoms with Crippen molar-refractivity contribution in [1.82, 2.24) is 14.8 Å². The molecule has 1 aliphatic heterocycles. The number of piperazine rings is 1. The van der Waals surface area contributed by atoms with E-state index in [2.05, 4.69) is 22.1 Å². The van der Waals surface area contributed by atoms with E-state index in [0.29, 0.717) is 18.1 Å². The lowest BCUT2D eigenvalue weighted by atomic mass is 10.2. The monoisotopic (exact) mass is 348 g/mol. The minimum atomic E-state index is -0.0943. The maximum Gasteiger partial charge on any atom is 0.259 e. The van der Waals surface area contributed by atoms with Crippen LogP contribution in [0.4, 0.5) is 0 Å². The highest BCUT2D eigenvalue weighted by Crippen LogP contribution is 2.28. The molecular weight excluding hydrogens is 320 g/mol. The van der Waals surface area contributed by atoms with Crippen molar-refractivity contribution in [3.05, 3.63) is 23.8 Å². The maximum atomic E-state index is 11.7. The molecule has 0 aliphatic carbocycles. The third-order valence-corrected chi connectivity index (χ3v) is 3.97. The second kappa shape index (κ2) is 9.27. The van der Waals surface area contributed by atoms with Crippen LogP contribution in [0.15, 0.2) is 23.3 Å². The third-order valence-electron chi connectivity index (χ3n) is 3.97. The van der Waals surface area contributed by atoms with Gasteiger partial charge in [-0.25, -0.2) is 0 Å². The van der Waals surface area contributed by atoms with E-state index in [0.717, 1.165) is 31.7 Å². The summed E-state index contributed by atoms with van der Waals surface area (Å²) in [6.45, 7) is 6.33. The van der Waals surface area contributed by atoms with Gasteiger partial charge in [-0.3, -0.25) is 9.80 Å². The molecule has 0 bridgehead atoms. The van der Waals surface area contributed by atoms with Crippen LogP contribution in [0.1, 0.15) is 12.5 Å². The molecule has 0 saturated carbocycles. The van der Waals surface area contributed by atoms with E-state index in [1.54, 1.807) is 14.1 Å². The van der Waals surface area contributed by atoms with Crippen molar-refractivity contribution in [2.45, 2.75) is 6.92 Å². The molecule has 1 fully saturated rings. The van der Waals surface area contributed by atoms with Crippen LogP contribution in [0, 0.1) is 0 Å². The average molecular weight is 348 g/mol. The summed E-state index contributed by atoms with van der Waals surface area (Å²) in [5, 5.41) is 6.61. The molecule has 2 rings (SSSR count). The van der Waals surface area contributed by atoms with Gasteiger partial charge >= 0.3 is 0 Å². The smallest absolute Gasteiger partial charge is 0.259 e. The Morgan fingerprint density at radius 2 is 1.92 bits per heavy atom. The van der Waals surface area contributed by atoms with Crippen LogP contribution >= 0.6 is 0 Å². The van der Waals surface area contributed by atoms with Crippen LogP contribution in [0.25, 0.3) is 0 Å².